The summed E-state index contributed by atoms with van der Waals surface area (Å²) in [6, 6.07) is -0.246. The van der Waals surface area contributed by atoms with Crippen LogP contribution < -0.4 is 0 Å². The maximum Gasteiger partial charge on any atom is 0.325 e. The van der Waals surface area contributed by atoms with E-state index >= 15 is 0 Å². The first-order valence-electron chi connectivity index (χ1n) is 5.04. The minimum absolute atomic E-state index is 0.246. The molecule has 0 aromatic heterocycles. The molecule has 0 saturated heterocycles. The Labute approximate surface area is 85.9 Å². The molecule has 84 valence electrons. The summed E-state index contributed by atoms with van der Waals surface area (Å²) < 4.78 is 4.75. The third kappa shape index (κ3) is 5.19. The number of aliphatic hydroxyl groups excluding tert-OH is 1. The average Bonchev–Trinajstić information content (AvgIpc) is 2.02. The molecule has 0 spiro atoms. The number of esters is 1. The fourth-order valence-corrected chi connectivity index (χ4v) is 1.23. The SMILES string of the molecule is CCCCC(C(=O)OC(C)O)N(C)C. The Bertz CT molecular complexity index is 169. The van der Waals surface area contributed by atoms with E-state index in [2.05, 4.69) is 6.92 Å². The van der Waals surface area contributed by atoms with Gasteiger partial charge in [0, 0.05) is 0 Å². The highest BCUT2D eigenvalue weighted by atomic mass is 16.6. The standard InChI is InChI=1S/C10H21NO3/c1-5-6-7-9(11(3)4)10(13)14-8(2)12/h8-9,12H,5-7H2,1-4H3. The van der Waals surface area contributed by atoms with Crippen molar-refractivity contribution in [3.05, 3.63) is 0 Å². The van der Waals surface area contributed by atoms with E-state index < -0.39 is 6.29 Å². The van der Waals surface area contributed by atoms with Crippen LogP contribution in [0.3, 0.4) is 0 Å². The molecular weight excluding hydrogens is 182 g/mol. The van der Waals surface area contributed by atoms with Crippen molar-refractivity contribution in [2.45, 2.75) is 45.4 Å². The van der Waals surface area contributed by atoms with Crippen LogP contribution in [0, 0.1) is 0 Å². The van der Waals surface area contributed by atoms with Gasteiger partial charge in [-0.2, -0.15) is 0 Å². The number of hydrogen-bond acceptors (Lipinski definition) is 4. The van der Waals surface area contributed by atoms with Crippen molar-refractivity contribution in [3.63, 3.8) is 0 Å². The second kappa shape index (κ2) is 6.79. The first-order valence-corrected chi connectivity index (χ1v) is 5.04. The highest BCUT2D eigenvalue weighted by Gasteiger charge is 2.22. The van der Waals surface area contributed by atoms with Gasteiger partial charge in [0.15, 0.2) is 6.29 Å². The molecule has 0 heterocycles. The third-order valence-electron chi connectivity index (χ3n) is 2.01. The largest absolute Gasteiger partial charge is 0.435 e. The summed E-state index contributed by atoms with van der Waals surface area (Å²) in [5.41, 5.74) is 0. The molecule has 0 amide bonds. The number of rotatable bonds is 6. The van der Waals surface area contributed by atoms with Crippen LogP contribution in [0.1, 0.15) is 33.1 Å². The average molecular weight is 203 g/mol. The topological polar surface area (TPSA) is 49.8 Å². The molecule has 4 nitrogen and oxygen atoms in total. The number of carbonyl (C=O) groups excluding carboxylic acids is 1. The second-order valence-corrected chi connectivity index (χ2v) is 3.66. The summed E-state index contributed by atoms with van der Waals surface area (Å²) in [6.07, 6.45) is 1.78. The van der Waals surface area contributed by atoms with Gasteiger partial charge in [-0.25, -0.2) is 0 Å². The summed E-state index contributed by atoms with van der Waals surface area (Å²) in [5.74, 6) is -0.349. The second-order valence-electron chi connectivity index (χ2n) is 3.66. The summed E-state index contributed by atoms with van der Waals surface area (Å²) in [4.78, 5) is 13.3. The molecule has 0 fully saturated rings. The molecule has 0 aliphatic rings. The van der Waals surface area contributed by atoms with Gasteiger partial charge in [-0.3, -0.25) is 9.69 Å². The highest BCUT2D eigenvalue weighted by molar-refractivity contribution is 5.75. The Kier molecular flexibility index (Phi) is 6.49. The van der Waals surface area contributed by atoms with E-state index in [0.29, 0.717) is 0 Å². The zero-order chi connectivity index (χ0) is 11.1. The van der Waals surface area contributed by atoms with E-state index in [1.54, 1.807) is 0 Å². The lowest BCUT2D eigenvalue weighted by molar-refractivity contribution is -0.170. The normalized spacial score (nSPS) is 15.3. The maximum atomic E-state index is 11.5. The molecule has 4 heteroatoms. The number of hydrogen-bond donors (Lipinski definition) is 1. The number of ether oxygens (including phenoxy) is 1. The number of likely N-dealkylation sites (N-methyl/N-ethyl adjacent to an activating group) is 1. The van der Waals surface area contributed by atoms with Gasteiger partial charge >= 0.3 is 5.97 Å². The van der Waals surface area contributed by atoms with Crippen LogP contribution >= 0.6 is 0 Å². The molecular formula is C10H21NO3. The molecule has 2 unspecified atom stereocenters. The Morgan fingerprint density at radius 1 is 1.50 bits per heavy atom. The van der Waals surface area contributed by atoms with Crippen molar-refractivity contribution in [2.24, 2.45) is 0 Å². The van der Waals surface area contributed by atoms with Gasteiger partial charge in [0.1, 0.15) is 6.04 Å². The van der Waals surface area contributed by atoms with Crippen LogP contribution in [-0.2, 0) is 9.53 Å². The van der Waals surface area contributed by atoms with Gasteiger partial charge in [0.25, 0.3) is 0 Å². The van der Waals surface area contributed by atoms with Crippen molar-refractivity contribution in [3.8, 4) is 0 Å². The van der Waals surface area contributed by atoms with Crippen LogP contribution in [0.15, 0.2) is 0 Å². The van der Waals surface area contributed by atoms with Crippen molar-refractivity contribution in [2.75, 3.05) is 14.1 Å². The first-order chi connectivity index (χ1) is 6.49. The van der Waals surface area contributed by atoms with Crippen molar-refractivity contribution >= 4 is 5.97 Å². The van der Waals surface area contributed by atoms with Crippen molar-refractivity contribution in [1.82, 2.24) is 4.90 Å². The first kappa shape index (κ1) is 13.4. The number of carbonyl (C=O) groups is 1. The lowest BCUT2D eigenvalue weighted by Gasteiger charge is -2.22. The van der Waals surface area contributed by atoms with Crippen LogP contribution in [-0.4, -0.2) is 42.4 Å². The zero-order valence-corrected chi connectivity index (χ0v) is 9.49. The molecule has 0 aliphatic heterocycles. The number of aliphatic hydroxyl groups is 1. The molecule has 14 heavy (non-hydrogen) atoms. The summed E-state index contributed by atoms with van der Waals surface area (Å²) in [6.45, 7) is 3.51. The lowest BCUT2D eigenvalue weighted by atomic mass is 10.1. The fourth-order valence-electron chi connectivity index (χ4n) is 1.23. The van der Waals surface area contributed by atoms with E-state index in [9.17, 15) is 4.79 Å². The van der Waals surface area contributed by atoms with Crippen molar-refractivity contribution < 1.29 is 14.6 Å². The van der Waals surface area contributed by atoms with E-state index in [1.165, 1.54) is 6.92 Å². The molecule has 1 N–H and O–H groups in total. The van der Waals surface area contributed by atoms with Crippen LogP contribution in [0.4, 0.5) is 0 Å². The number of nitrogens with zero attached hydrogens (tertiary/aromatic N) is 1. The van der Waals surface area contributed by atoms with Gasteiger partial charge in [-0.05, 0) is 27.4 Å². The smallest absolute Gasteiger partial charge is 0.325 e. The Morgan fingerprint density at radius 3 is 2.43 bits per heavy atom. The molecule has 0 rings (SSSR count). The fraction of sp³-hybridized carbons (Fsp3) is 0.900. The molecule has 0 radical (unpaired) electrons. The van der Waals surface area contributed by atoms with E-state index in [0.717, 1.165) is 19.3 Å². The van der Waals surface area contributed by atoms with E-state index in [4.69, 9.17) is 9.84 Å². The minimum atomic E-state index is -1.02. The van der Waals surface area contributed by atoms with Gasteiger partial charge in [-0.1, -0.05) is 19.8 Å². The highest BCUT2D eigenvalue weighted by Crippen LogP contribution is 2.08. The molecule has 2 atom stereocenters. The zero-order valence-electron chi connectivity index (χ0n) is 9.49. The van der Waals surface area contributed by atoms with Gasteiger partial charge in [0.05, 0.1) is 0 Å². The van der Waals surface area contributed by atoms with Gasteiger partial charge in [0.2, 0.25) is 0 Å². The predicted octanol–water partition coefficient (Wildman–Crippen LogP) is 0.988. The quantitative estimate of drug-likeness (QED) is 0.516. The molecule has 0 aliphatic carbocycles. The van der Waals surface area contributed by atoms with Crippen LogP contribution in [0.5, 0.6) is 0 Å². The summed E-state index contributed by atoms with van der Waals surface area (Å²) >= 11 is 0. The lowest BCUT2D eigenvalue weighted by Crippen LogP contribution is -2.38. The predicted molar refractivity (Wildman–Crippen MR) is 54.8 cm³/mol. The third-order valence-corrected chi connectivity index (χ3v) is 2.01. The van der Waals surface area contributed by atoms with E-state index in [1.807, 2.05) is 19.0 Å². The Balaban J connectivity index is 4.11. The van der Waals surface area contributed by atoms with Crippen LogP contribution in [0.25, 0.3) is 0 Å². The Morgan fingerprint density at radius 2 is 2.07 bits per heavy atom. The monoisotopic (exact) mass is 203 g/mol. The summed E-state index contributed by atoms with van der Waals surface area (Å²) in [7, 11) is 3.67. The van der Waals surface area contributed by atoms with Gasteiger partial charge < -0.3 is 9.84 Å². The molecule has 0 bridgehead atoms. The molecule has 0 saturated carbocycles. The molecule has 0 aromatic carbocycles. The maximum absolute atomic E-state index is 11.5. The minimum Gasteiger partial charge on any atom is -0.435 e. The number of unbranched alkanes of at least 4 members (excludes halogenated alkanes) is 1. The Hall–Kier alpha value is -0.610. The van der Waals surface area contributed by atoms with Crippen LogP contribution in [0.2, 0.25) is 0 Å². The van der Waals surface area contributed by atoms with E-state index in [-0.39, 0.29) is 12.0 Å². The summed E-state index contributed by atoms with van der Waals surface area (Å²) in [5, 5.41) is 8.92. The van der Waals surface area contributed by atoms with Gasteiger partial charge in [-0.15, -0.1) is 0 Å². The molecule has 0 aromatic rings. The van der Waals surface area contributed by atoms with Crippen molar-refractivity contribution in [1.29, 1.82) is 0 Å².